The summed E-state index contributed by atoms with van der Waals surface area (Å²) >= 11 is 1.57. The van der Waals surface area contributed by atoms with Crippen LogP contribution in [0.1, 0.15) is 11.3 Å². The molecular formula is C22H21N3OS. The van der Waals surface area contributed by atoms with Crippen molar-refractivity contribution < 1.29 is 4.79 Å². The zero-order valence-electron chi connectivity index (χ0n) is 15.0. The SMILES string of the molecule is O=C(CSCc1ccccn1)Nc1ccc(N2CCc3ccccc32)cc1. The third-order valence-corrected chi connectivity index (χ3v) is 5.53. The van der Waals surface area contributed by atoms with Crippen molar-refractivity contribution in [2.45, 2.75) is 12.2 Å². The van der Waals surface area contributed by atoms with Crippen molar-refractivity contribution in [1.82, 2.24) is 4.98 Å². The molecule has 136 valence electrons. The maximum Gasteiger partial charge on any atom is 0.234 e. The van der Waals surface area contributed by atoms with Crippen LogP contribution in [0.5, 0.6) is 0 Å². The number of amides is 1. The molecule has 3 aromatic rings. The summed E-state index contributed by atoms with van der Waals surface area (Å²) in [6.45, 7) is 0.995. The summed E-state index contributed by atoms with van der Waals surface area (Å²) in [7, 11) is 0. The molecule has 1 aliphatic heterocycles. The van der Waals surface area contributed by atoms with Gasteiger partial charge in [0.2, 0.25) is 5.91 Å². The molecule has 27 heavy (non-hydrogen) atoms. The van der Waals surface area contributed by atoms with Crippen LogP contribution in [-0.2, 0) is 17.0 Å². The van der Waals surface area contributed by atoms with E-state index < -0.39 is 0 Å². The van der Waals surface area contributed by atoms with Crippen molar-refractivity contribution >= 4 is 34.7 Å². The molecule has 1 N–H and O–H groups in total. The molecule has 0 atom stereocenters. The van der Waals surface area contributed by atoms with Crippen LogP contribution in [-0.4, -0.2) is 23.2 Å². The van der Waals surface area contributed by atoms with E-state index in [4.69, 9.17) is 0 Å². The highest BCUT2D eigenvalue weighted by Crippen LogP contribution is 2.34. The lowest BCUT2D eigenvalue weighted by Crippen LogP contribution is -2.15. The van der Waals surface area contributed by atoms with E-state index in [1.807, 2.05) is 30.3 Å². The zero-order chi connectivity index (χ0) is 18.5. The summed E-state index contributed by atoms with van der Waals surface area (Å²) in [5.41, 5.74) is 5.64. The van der Waals surface area contributed by atoms with E-state index in [-0.39, 0.29) is 5.91 Å². The van der Waals surface area contributed by atoms with E-state index in [0.29, 0.717) is 5.75 Å². The lowest BCUT2D eigenvalue weighted by Gasteiger charge is -2.20. The lowest BCUT2D eigenvalue weighted by atomic mass is 10.2. The maximum absolute atomic E-state index is 12.1. The Balaban J connectivity index is 1.31. The minimum atomic E-state index is 0.00944. The standard InChI is InChI=1S/C22H21N3OS/c26-22(16-27-15-19-6-3-4-13-23-19)24-18-8-10-20(11-9-18)25-14-12-17-5-1-2-7-21(17)25/h1-11,13H,12,14-16H2,(H,24,26). The smallest absolute Gasteiger partial charge is 0.234 e. The number of aromatic nitrogens is 1. The van der Waals surface area contributed by atoms with Gasteiger partial charge < -0.3 is 10.2 Å². The number of nitrogens with zero attached hydrogens (tertiary/aromatic N) is 2. The molecule has 2 aromatic carbocycles. The van der Waals surface area contributed by atoms with Gasteiger partial charge in [-0.05, 0) is 54.4 Å². The molecule has 5 heteroatoms. The fraction of sp³-hybridized carbons (Fsp3) is 0.182. The number of rotatable bonds is 6. The number of hydrogen-bond donors (Lipinski definition) is 1. The Morgan fingerprint density at radius 2 is 1.85 bits per heavy atom. The third kappa shape index (κ3) is 4.31. The molecule has 0 unspecified atom stereocenters. The molecule has 0 radical (unpaired) electrons. The number of carbonyl (C=O) groups excluding carboxylic acids is 1. The fourth-order valence-corrected chi connectivity index (χ4v) is 4.00. The third-order valence-electron chi connectivity index (χ3n) is 4.56. The minimum absolute atomic E-state index is 0.00944. The first-order valence-corrected chi connectivity index (χ1v) is 10.2. The van der Waals surface area contributed by atoms with Gasteiger partial charge in [0.05, 0.1) is 11.4 Å². The highest BCUT2D eigenvalue weighted by atomic mass is 32.2. The van der Waals surface area contributed by atoms with Crippen molar-refractivity contribution in [2.75, 3.05) is 22.5 Å². The van der Waals surface area contributed by atoms with Gasteiger partial charge in [-0.2, -0.15) is 0 Å². The molecule has 0 fully saturated rings. The van der Waals surface area contributed by atoms with Gasteiger partial charge in [0.15, 0.2) is 0 Å². The summed E-state index contributed by atoms with van der Waals surface area (Å²) in [6, 6.07) is 22.4. The topological polar surface area (TPSA) is 45.2 Å². The average molecular weight is 375 g/mol. The molecule has 4 nitrogen and oxygen atoms in total. The van der Waals surface area contributed by atoms with Gasteiger partial charge in [0, 0.05) is 35.6 Å². The van der Waals surface area contributed by atoms with Crippen LogP contribution in [0.25, 0.3) is 0 Å². The fourth-order valence-electron chi connectivity index (χ4n) is 3.26. The molecule has 4 rings (SSSR count). The lowest BCUT2D eigenvalue weighted by molar-refractivity contribution is -0.113. The molecule has 0 spiro atoms. The Kier molecular flexibility index (Phi) is 5.39. The van der Waals surface area contributed by atoms with Crippen molar-refractivity contribution in [2.24, 2.45) is 0 Å². The van der Waals surface area contributed by atoms with Gasteiger partial charge in [-0.25, -0.2) is 0 Å². The van der Waals surface area contributed by atoms with Gasteiger partial charge in [0.1, 0.15) is 0 Å². The normalized spacial score (nSPS) is 12.7. The van der Waals surface area contributed by atoms with E-state index in [2.05, 4.69) is 51.6 Å². The Labute approximate surface area is 163 Å². The first-order chi connectivity index (χ1) is 13.3. The first kappa shape index (κ1) is 17.6. The van der Waals surface area contributed by atoms with Gasteiger partial charge >= 0.3 is 0 Å². The molecule has 2 heterocycles. The summed E-state index contributed by atoms with van der Waals surface area (Å²) < 4.78 is 0. The minimum Gasteiger partial charge on any atom is -0.341 e. The van der Waals surface area contributed by atoms with E-state index in [9.17, 15) is 4.79 Å². The highest BCUT2D eigenvalue weighted by molar-refractivity contribution is 7.99. The number of thioether (sulfide) groups is 1. The molecule has 0 aliphatic carbocycles. The molecular weight excluding hydrogens is 354 g/mol. The molecule has 0 saturated heterocycles. The Bertz CT molecular complexity index is 912. The number of benzene rings is 2. The van der Waals surface area contributed by atoms with Gasteiger partial charge in [-0.15, -0.1) is 11.8 Å². The van der Waals surface area contributed by atoms with Gasteiger partial charge in [-0.3, -0.25) is 9.78 Å². The summed E-state index contributed by atoms with van der Waals surface area (Å²) in [5.74, 6) is 1.16. The second kappa shape index (κ2) is 8.27. The van der Waals surface area contributed by atoms with Crippen LogP contribution in [0.2, 0.25) is 0 Å². The number of nitrogens with one attached hydrogen (secondary N) is 1. The summed E-state index contributed by atoms with van der Waals surface area (Å²) in [6.07, 6.45) is 2.85. The number of pyridine rings is 1. The van der Waals surface area contributed by atoms with Crippen molar-refractivity contribution in [3.05, 3.63) is 84.2 Å². The molecule has 1 amide bonds. The van der Waals surface area contributed by atoms with Crippen LogP contribution < -0.4 is 10.2 Å². The number of anilines is 3. The quantitative estimate of drug-likeness (QED) is 0.681. The Hall–Kier alpha value is -2.79. The Morgan fingerprint density at radius 1 is 1.04 bits per heavy atom. The van der Waals surface area contributed by atoms with E-state index >= 15 is 0 Å². The predicted octanol–water partition coefficient (Wildman–Crippen LogP) is 4.65. The Morgan fingerprint density at radius 3 is 2.67 bits per heavy atom. The number of hydrogen-bond acceptors (Lipinski definition) is 4. The summed E-state index contributed by atoms with van der Waals surface area (Å²) in [4.78, 5) is 18.7. The number of para-hydroxylation sites is 1. The number of carbonyl (C=O) groups is 1. The van der Waals surface area contributed by atoms with Crippen LogP contribution in [0, 0.1) is 0 Å². The van der Waals surface area contributed by atoms with E-state index in [1.54, 1.807) is 18.0 Å². The van der Waals surface area contributed by atoms with Crippen LogP contribution in [0.3, 0.4) is 0 Å². The molecule has 0 saturated carbocycles. The summed E-state index contributed by atoms with van der Waals surface area (Å²) in [5, 5.41) is 2.97. The predicted molar refractivity (Wildman–Crippen MR) is 113 cm³/mol. The van der Waals surface area contributed by atoms with Crippen LogP contribution >= 0.6 is 11.8 Å². The van der Waals surface area contributed by atoms with Crippen LogP contribution in [0.15, 0.2) is 72.9 Å². The van der Waals surface area contributed by atoms with Crippen LogP contribution in [0.4, 0.5) is 17.1 Å². The second-order valence-corrected chi connectivity index (χ2v) is 7.42. The number of fused-ring (bicyclic) bond motifs is 1. The molecule has 0 bridgehead atoms. The maximum atomic E-state index is 12.1. The molecule has 1 aromatic heterocycles. The van der Waals surface area contributed by atoms with E-state index in [1.165, 1.54) is 11.3 Å². The highest BCUT2D eigenvalue weighted by Gasteiger charge is 2.19. The van der Waals surface area contributed by atoms with E-state index in [0.717, 1.165) is 35.8 Å². The largest absolute Gasteiger partial charge is 0.341 e. The van der Waals surface area contributed by atoms with Crippen molar-refractivity contribution in [1.29, 1.82) is 0 Å². The first-order valence-electron chi connectivity index (χ1n) is 9.02. The monoisotopic (exact) mass is 375 g/mol. The van der Waals surface area contributed by atoms with Gasteiger partial charge in [-0.1, -0.05) is 24.3 Å². The average Bonchev–Trinajstić information content (AvgIpc) is 3.14. The zero-order valence-corrected chi connectivity index (χ0v) is 15.8. The molecule has 1 aliphatic rings. The second-order valence-electron chi connectivity index (χ2n) is 6.44. The van der Waals surface area contributed by atoms with Gasteiger partial charge in [0.25, 0.3) is 0 Å². The van der Waals surface area contributed by atoms with Crippen molar-refractivity contribution in [3.8, 4) is 0 Å². The van der Waals surface area contributed by atoms with Crippen molar-refractivity contribution in [3.63, 3.8) is 0 Å².